The maximum Gasteiger partial charge on any atom is 0.274 e. The number of rotatable bonds is 1. The van der Waals surface area contributed by atoms with E-state index in [1.165, 1.54) is 10.9 Å². The molecule has 0 spiro atoms. The van der Waals surface area contributed by atoms with E-state index in [0.29, 0.717) is 0 Å². The number of nitrogens with zero attached hydrogens (tertiary/aromatic N) is 2. The lowest BCUT2D eigenvalue weighted by molar-refractivity contribution is 0.769. The number of hydrogen-bond donors (Lipinski definition) is 0. The van der Waals surface area contributed by atoms with Crippen molar-refractivity contribution in [2.24, 2.45) is 0 Å². The summed E-state index contributed by atoms with van der Waals surface area (Å²) in [6, 6.07) is 0. The first-order valence-corrected chi connectivity index (χ1v) is 3.76. The predicted octanol–water partition coefficient (Wildman–Crippen LogP) is 1.18. The average Bonchev–Trinajstić information content (AvgIpc) is 2.07. The molecule has 3 nitrogen and oxygen atoms in total. The second kappa shape index (κ2) is 3.61. The molecule has 62 valence electrons. The minimum atomic E-state index is -0.422. The molecule has 0 aliphatic carbocycles. The van der Waals surface area contributed by atoms with Crippen molar-refractivity contribution in [2.75, 3.05) is 0 Å². The van der Waals surface area contributed by atoms with Gasteiger partial charge in [-0.05, 0) is 0 Å². The van der Waals surface area contributed by atoms with Gasteiger partial charge in [0, 0.05) is 0 Å². The van der Waals surface area contributed by atoms with Gasteiger partial charge >= 0.3 is 0 Å². The number of hydrogen-bond acceptors (Lipinski definition) is 2. The lowest BCUT2D eigenvalue weighted by Gasteiger charge is -2.00. The molecule has 0 aliphatic rings. The van der Waals surface area contributed by atoms with Gasteiger partial charge in [-0.15, -0.1) is 6.42 Å². The van der Waals surface area contributed by atoms with Crippen LogP contribution in [0.3, 0.4) is 0 Å². The standard InChI is InChI=1S/C7H4Cl2N2O/c1-2-3-11-4-10-6(9)5(8)7(11)12/h1,4H,3H2. The smallest absolute Gasteiger partial charge is 0.274 e. The van der Waals surface area contributed by atoms with Gasteiger partial charge in [0.1, 0.15) is 11.3 Å². The molecule has 0 fully saturated rings. The molecule has 0 unspecified atom stereocenters. The third kappa shape index (κ3) is 1.60. The Balaban J connectivity index is 3.29. The van der Waals surface area contributed by atoms with Gasteiger partial charge in [0.15, 0.2) is 5.15 Å². The highest BCUT2D eigenvalue weighted by Gasteiger charge is 2.05. The quantitative estimate of drug-likeness (QED) is 0.507. The van der Waals surface area contributed by atoms with Gasteiger partial charge in [-0.3, -0.25) is 9.36 Å². The van der Waals surface area contributed by atoms with Crippen LogP contribution in [0.4, 0.5) is 0 Å². The number of aromatic nitrogens is 2. The monoisotopic (exact) mass is 202 g/mol. The topological polar surface area (TPSA) is 34.9 Å². The van der Waals surface area contributed by atoms with Crippen LogP contribution in [-0.2, 0) is 6.54 Å². The van der Waals surface area contributed by atoms with Crippen molar-refractivity contribution in [1.29, 1.82) is 0 Å². The largest absolute Gasteiger partial charge is 0.286 e. The maximum absolute atomic E-state index is 11.2. The average molecular weight is 203 g/mol. The van der Waals surface area contributed by atoms with Gasteiger partial charge in [-0.25, -0.2) is 4.98 Å². The Bertz CT molecular complexity index is 391. The Kier molecular flexibility index (Phi) is 2.74. The Morgan fingerprint density at radius 2 is 2.33 bits per heavy atom. The lowest BCUT2D eigenvalue weighted by atomic mass is 10.6. The summed E-state index contributed by atoms with van der Waals surface area (Å²) < 4.78 is 1.20. The molecule has 0 aliphatic heterocycles. The highest BCUT2D eigenvalue weighted by atomic mass is 35.5. The zero-order valence-electron chi connectivity index (χ0n) is 5.92. The summed E-state index contributed by atoms with van der Waals surface area (Å²) in [4.78, 5) is 14.8. The van der Waals surface area contributed by atoms with Crippen molar-refractivity contribution in [2.45, 2.75) is 6.54 Å². The molecule has 5 heteroatoms. The first-order valence-electron chi connectivity index (χ1n) is 3.00. The molecule has 0 saturated carbocycles. The van der Waals surface area contributed by atoms with Crippen molar-refractivity contribution < 1.29 is 0 Å². The maximum atomic E-state index is 11.2. The van der Waals surface area contributed by atoms with E-state index in [0.717, 1.165) is 0 Å². The van der Waals surface area contributed by atoms with Crippen LogP contribution in [0, 0.1) is 12.3 Å². The van der Waals surface area contributed by atoms with Crippen molar-refractivity contribution in [1.82, 2.24) is 9.55 Å². The van der Waals surface area contributed by atoms with E-state index in [4.69, 9.17) is 29.6 Å². The fourth-order valence-electron chi connectivity index (χ4n) is 0.655. The zero-order chi connectivity index (χ0) is 9.14. The summed E-state index contributed by atoms with van der Waals surface area (Å²) in [5.41, 5.74) is -0.422. The first kappa shape index (κ1) is 9.11. The minimum absolute atomic E-state index is 0.00469. The summed E-state index contributed by atoms with van der Waals surface area (Å²) in [5, 5.41) is -0.107. The molecular formula is C7H4Cl2N2O. The van der Waals surface area contributed by atoms with Crippen molar-refractivity contribution in [3.8, 4) is 12.3 Å². The molecule has 1 aromatic heterocycles. The first-order chi connectivity index (χ1) is 5.66. The Hall–Kier alpha value is -0.980. The van der Waals surface area contributed by atoms with Gasteiger partial charge in [0.25, 0.3) is 5.56 Å². The van der Waals surface area contributed by atoms with E-state index in [-0.39, 0.29) is 16.7 Å². The Labute approximate surface area is 78.9 Å². The molecule has 1 aromatic rings. The van der Waals surface area contributed by atoms with Crippen LogP contribution in [0.25, 0.3) is 0 Å². The second-order valence-corrected chi connectivity index (χ2v) is 2.72. The molecule has 1 heterocycles. The highest BCUT2D eigenvalue weighted by Crippen LogP contribution is 2.12. The van der Waals surface area contributed by atoms with E-state index in [2.05, 4.69) is 10.9 Å². The van der Waals surface area contributed by atoms with Crippen LogP contribution in [0.5, 0.6) is 0 Å². The van der Waals surface area contributed by atoms with Crippen LogP contribution >= 0.6 is 23.2 Å². The van der Waals surface area contributed by atoms with Crippen LogP contribution < -0.4 is 5.56 Å². The fraction of sp³-hybridized carbons (Fsp3) is 0.143. The number of halogens is 2. The summed E-state index contributed by atoms with van der Waals surface area (Å²) >= 11 is 11.0. The summed E-state index contributed by atoms with van der Waals surface area (Å²) in [6.45, 7) is 0.142. The summed E-state index contributed by atoms with van der Waals surface area (Å²) in [7, 11) is 0. The zero-order valence-corrected chi connectivity index (χ0v) is 7.43. The molecule has 12 heavy (non-hydrogen) atoms. The normalized spacial score (nSPS) is 9.42. The minimum Gasteiger partial charge on any atom is -0.286 e. The molecule has 0 radical (unpaired) electrons. The van der Waals surface area contributed by atoms with Crippen LogP contribution in [0.15, 0.2) is 11.1 Å². The fourth-order valence-corrected chi connectivity index (χ4v) is 0.937. The predicted molar refractivity (Wildman–Crippen MR) is 47.4 cm³/mol. The molecule has 1 rings (SSSR count). The van der Waals surface area contributed by atoms with Gasteiger partial charge in [-0.2, -0.15) is 0 Å². The Morgan fingerprint density at radius 3 is 2.92 bits per heavy atom. The SMILES string of the molecule is C#CCn1cnc(Cl)c(Cl)c1=O. The third-order valence-corrected chi connectivity index (χ3v) is 1.93. The van der Waals surface area contributed by atoms with Gasteiger partial charge in [0.2, 0.25) is 0 Å². The van der Waals surface area contributed by atoms with E-state index in [1.54, 1.807) is 0 Å². The van der Waals surface area contributed by atoms with Crippen LogP contribution in [0.1, 0.15) is 0 Å². The van der Waals surface area contributed by atoms with E-state index >= 15 is 0 Å². The van der Waals surface area contributed by atoms with E-state index < -0.39 is 5.56 Å². The highest BCUT2D eigenvalue weighted by molar-refractivity contribution is 6.40. The molecule has 0 N–H and O–H groups in total. The molecular weight excluding hydrogens is 199 g/mol. The van der Waals surface area contributed by atoms with Crippen LogP contribution in [0.2, 0.25) is 10.2 Å². The van der Waals surface area contributed by atoms with Gasteiger partial charge in [-0.1, -0.05) is 29.1 Å². The van der Waals surface area contributed by atoms with Gasteiger partial charge < -0.3 is 0 Å². The third-order valence-electron chi connectivity index (χ3n) is 1.20. The molecule has 0 aromatic carbocycles. The summed E-state index contributed by atoms with van der Waals surface area (Å²) in [6.07, 6.45) is 6.26. The van der Waals surface area contributed by atoms with Gasteiger partial charge in [0.05, 0.1) is 6.54 Å². The molecule has 0 amide bonds. The van der Waals surface area contributed by atoms with Crippen molar-refractivity contribution in [3.63, 3.8) is 0 Å². The van der Waals surface area contributed by atoms with E-state index in [1.807, 2.05) is 0 Å². The van der Waals surface area contributed by atoms with Crippen molar-refractivity contribution in [3.05, 3.63) is 26.9 Å². The second-order valence-electron chi connectivity index (χ2n) is 1.99. The number of terminal acetylenes is 1. The molecule has 0 saturated heterocycles. The lowest BCUT2D eigenvalue weighted by Crippen LogP contribution is -2.20. The molecule has 0 atom stereocenters. The van der Waals surface area contributed by atoms with E-state index in [9.17, 15) is 4.79 Å². The molecule has 0 bridgehead atoms. The summed E-state index contributed by atoms with van der Waals surface area (Å²) in [5.74, 6) is 2.29. The van der Waals surface area contributed by atoms with Crippen molar-refractivity contribution >= 4 is 23.2 Å². The van der Waals surface area contributed by atoms with Crippen LogP contribution in [-0.4, -0.2) is 9.55 Å². The Morgan fingerprint density at radius 1 is 1.67 bits per heavy atom.